The molecule has 2 fully saturated rings. The molecule has 2 heterocycles. The number of aliphatic imine (C=N–C) groups is 1. The predicted molar refractivity (Wildman–Crippen MR) is 126 cm³/mol. The summed E-state index contributed by atoms with van der Waals surface area (Å²) in [6, 6.07) is 8.68. The van der Waals surface area contributed by atoms with Gasteiger partial charge >= 0.3 is 0 Å². The minimum Gasteiger partial charge on any atom is -0.381 e. The molecule has 2 N–H and O–H groups in total. The molecule has 6 nitrogen and oxygen atoms in total. The predicted octanol–water partition coefficient (Wildman–Crippen LogP) is 2.88. The Morgan fingerprint density at radius 2 is 1.73 bits per heavy atom. The fourth-order valence-electron chi connectivity index (χ4n) is 4.04. The molecule has 0 unspecified atom stereocenters. The van der Waals surface area contributed by atoms with Crippen LogP contribution in [0.25, 0.3) is 0 Å². The van der Waals surface area contributed by atoms with Crippen LogP contribution in [0.5, 0.6) is 0 Å². The number of hydrogen-bond acceptors (Lipinski definition) is 5. The number of ether oxygens (including phenoxy) is 2. The van der Waals surface area contributed by atoms with Gasteiger partial charge in [0.1, 0.15) is 0 Å². The summed E-state index contributed by atoms with van der Waals surface area (Å²) in [5, 5.41) is 7.05. The molecule has 0 bridgehead atoms. The first kappa shape index (κ1) is 23.4. The second-order valence-corrected chi connectivity index (χ2v) is 9.67. The molecule has 0 saturated carbocycles. The standard InChI is InChI=1S/C23H38N4O2S/c1-3-24-22(26-19-23(30-4-2)9-13-28-14-10-23)25-17-20-7-5-6-8-21(20)18-27-11-15-29-16-12-27/h5-8H,3-4,9-19H2,1-2H3,(H2,24,25,26). The Kier molecular flexibility index (Phi) is 9.78. The molecule has 3 rings (SSSR count). The zero-order chi connectivity index (χ0) is 21.1. The van der Waals surface area contributed by atoms with Crippen LogP contribution in [0.3, 0.4) is 0 Å². The molecular weight excluding hydrogens is 396 g/mol. The number of nitrogens with zero attached hydrogens (tertiary/aromatic N) is 2. The van der Waals surface area contributed by atoms with Crippen molar-refractivity contribution in [3.8, 4) is 0 Å². The van der Waals surface area contributed by atoms with Crippen LogP contribution in [0, 0.1) is 0 Å². The normalized spacial score (nSPS) is 20.1. The summed E-state index contributed by atoms with van der Waals surface area (Å²) in [5.41, 5.74) is 2.66. The molecule has 2 aliphatic rings. The minimum absolute atomic E-state index is 0.247. The van der Waals surface area contributed by atoms with Gasteiger partial charge in [-0.1, -0.05) is 31.2 Å². The molecule has 0 spiro atoms. The van der Waals surface area contributed by atoms with Gasteiger partial charge < -0.3 is 20.1 Å². The highest BCUT2D eigenvalue weighted by molar-refractivity contribution is 8.00. The van der Waals surface area contributed by atoms with Crippen molar-refractivity contribution in [1.29, 1.82) is 0 Å². The van der Waals surface area contributed by atoms with Gasteiger partial charge in [0.05, 0.1) is 19.8 Å². The van der Waals surface area contributed by atoms with Gasteiger partial charge in [-0.2, -0.15) is 11.8 Å². The molecular formula is C23H38N4O2S. The summed E-state index contributed by atoms with van der Waals surface area (Å²) in [6.07, 6.45) is 2.20. The van der Waals surface area contributed by atoms with Gasteiger partial charge in [0.25, 0.3) is 0 Å². The van der Waals surface area contributed by atoms with E-state index in [4.69, 9.17) is 14.5 Å². The highest BCUT2D eigenvalue weighted by Gasteiger charge is 2.32. The van der Waals surface area contributed by atoms with E-state index in [0.717, 1.165) is 83.7 Å². The molecule has 2 saturated heterocycles. The summed E-state index contributed by atoms with van der Waals surface area (Å²) >= 11 is 2.06. The Hall–Kier alpha value is -1.28. The van der Waals surface area contributed by atoms with Crippen LogP contribution < -0.4 is 10.6 Å². The average Bonchev–Trinajstić information content (AvgIpc) is 2.78. The summed E-state index contributed by atoms with van der Waals surface area (Å²) < 4.78 is 11.3. The third-order valence-electron chi connectivity index (χ3n) is 5.80. The van der Waals surface area contributed by atoms with E-state index in [-0.39, 0.29) is 4.75 Å². The van der Waals surface area contributed by atoms with Gasteiger partial charge in [0.2, 0.25) is 0 Å². The van der Waals surface area contributed by atoms with Crippen molar-refractivity contribution in [2.45, 2.75) is 44.5 Å². The Bertz CT molecular complexity index is 653. The van der Waals surface area contributed by atoms with Gasteiger partial charge in [0.15, 0.2) is 5.96 Å². The molecule has 1 aromatic carbocycles. The van der Waals surface area contributed by atoms with Crippen LogP contribution in [-0.2, 0) is 22.6 Å². The third-order valence-corrected chi connectivity index (χ3v) is 7.25. The van der Waals surface area contributed by atoms with Crippen LogP contribution in [0.4, 0.5) is 0 Å². The topological polar surface area (TPSA) is 58.1 Å². The summed E-state index contributed by atoms with van der Waals surface area (Å²) in [4.78, 5) is 7.39. The Morgan fingerprint density at radius 3 is 2.43 bits per heavy atom. The number of hydrogen-bond donors (Lipinski definition) is 2. The lowest BCUT2D eigenvalue weighted by Crippen LogP contribution is -2.48. The van der Waals surface area contributed by atoms with Crippen molar-refractivity contribution in [3.63, 3.8) is 0 Å². The third kappa shape index (κ3) is 7.15. The molecule has 0 atom stereocenters. The van der Waals surface area contributed by atoms with Crippen molar-refractivity contribution in [1.82, 2.24) is 15.5 Å². The first-order valence-corrected chi connectivity index (χ1v) is 12.3. The van der Waals surface area contributed by atoms with E-state index in [1.165, 1.54) is 11.1 Å². The maximum Gasteiger partial charge on any atom is 0.191 e. The van der Waals surface area contributed by atoms with Crippen molar-refractivity contribution >= 4 is 17.7 Å². The molecule has 0 amide bonds. The number of thioether (sulfide) groups is 1. The maximum atomic E-state index is 5.61. The first-order valence-electron chi connectivity index (χ1n) is 11.4. The van der Waals surface area contributed by atoms with Gasteiger partial charge in [-0.15, -0.1) is 0 Å². The van der Waals surface area contributed by atoms with Crippen molar-refractivity contribution in [2.75, 3.05) is 58.4 Å². The van der Waals surface area contributed by atoms with Gasteiger partial charge in [-0.25, -0.2) is 4.99 Å². The van der Waals surface area contributed by atoms with Crippen LogP contribution in [-0.4, -0.2) is 74.0 Å². The van der Waals surface area contributed by atoms with E-state index in [1.807, 2.05) is 0 Å². The smallest absolute Gasteiger partial charge is 0.191 e. The highest BCUT2D eigenvalue weighted by Crippen LogP contribution is 2.34. The molecule has 30 heavy (non-hydrogen) atoms. The van der Waals surface area contributed by atoms with E-state index < -0.39 is 0 Å². The SMILES string of the molecule is CCNC(=NCc1ccccc1CN1CCOCC1)NCC1(SCC)CCOCC1. The fourth-order valence-corrected chi connectivity index (χ4v) is 5.28. The van der Waals surface area contributed by atoms with Crippen molar-refractivity contribution in [3.05, 3.63) is 35.4 Å². The Labute approximate surface area is 186 Å². The van der Waals surface area contributed by atoms with Crippen molar-refractivity contribution < 1.29 is 9.47 Å². The monoisotopic (exact) mass is 434 g/mol. The van der Waals surface area contributed by atoms with Crippen molar-refractivity contribution in [2.24, 2.45) is 4.99 Å². The first-order chi connectivity index (χ1) is 14.7. The molecule has 0 aromatic heterocycles. The average molecular weight is 435 g/mol. The molecule has 0 aliphatic carbocycles. The molecule has 0 radical (unpaired) electrons. The Morgan fingerprint density at radius 1 is 1.03 bits per heavy atom. The lowest BCUT2D eigenvalue weighted by Gasteiger charge is -2.37. The lowest BCUT2D eigenvalue weighted by atomic mass is 9.99. The van der Waals surface area contributed by atoms with E-state index in [0.29, 0.717) is 6.54 Å². The van der Waals surface area contributed by atoms with Crippen LogP contribution in [0.15, 0.2) is 29.3 Å². The Balaban J connectivity index is 1.62. The quantitative estimate of drug-likeness (QED) is 0.460. The summed E-state index contributed by atoms with van der Waals surface area (Å²) in [7, 11) is 0. The van der Waals surface area contributed by atoms with E-state index in [9.17, 15) is 0 Å². The summed E-state index contributed by atoms with van der Waals surface area (Å²) in [6.45, 7) is 13.2. The highest BCUT2D eigenvalue weighted by atomic mass is 32.2. The number of nitrogens with one attached hydrogen (secondary N) is 2. The summed E-state index contributed by atoms with van der Waals surface area (Å²) in [5.74, 6) is 2.03. The largest absolute Gasteiger partial charge is 0.381 e. The van der Waals surface area contributed by atoms with E-state index in [1.54, 1.807) is 0 Å². The molecule has 7 heteroatoms. The second-order valence-electron chi connectivity index (χ2n) is 7.93. The number of morpholine rings is 1. The van der Waals surface area contributed by atoms with Gasteiger partial charge in [0, 0.05) is 50.7 Å². The van der Waals surface area contributed by atoms with Gasteiger partial charge in [-0.05, 0) is 36.6 Å². The number of guanidine groups is 1. The molecule has 168 valence electrons. The van der Waals surface area contributed by atoms with E-state index in [2.05, 4.69) is 65.4 Å². The van der Waals surface area contributed by atoms with Crippen LogP contribution in [0.1, 0.15) is 37.8 Å². The number of rotatable bonds is 9. The maximum absolute atomic E-state index is 5.61. The fraction of sp³-hybridized carbons (Fsp3) is 0.696. The number of benzene rings is 1. The minimum atomic E-state index is 0.247. The molecule has 2 aliphatic heterocycles. The van der Waals surface area contributed by atoms with E-state index >= 15 is 0 Å². The van der Waals surface area contributed by atoms with Crippen LogP contribution in [0.2, 0.25) is 0 Å². The molecule has 1 aromatic rings. The van der Waals surface area contributed by atoms with Gasteiger partial charge in [-0.3, -0.25) is 4.90 Å². The zero-order valence-electron chi connectivity index (χ0n) is 18.6. The lowest BCUT2D eigenvalue weighted by molar-refractivity contribution is 0.0341. The zero-order valence-corrected chi connectivity index (χ0v) is 19.4. The second kappa shape index (κ2) is 12.5. The van der Waals surface area contributed by atoms with Crippen LogP contribution >= 0.6 is 11.8 Å².